The van der Waals surface area contributed by atoms with Crippen LogP contribution in [0.4, 0.5) is 17.5 Å². The Bertz CT molecular complexity index is 521. The molecule has 2 heterocycles. The van der Waals surface area contributed by atoms with Crippen LogP contribution in [-0.4, -0.2) is 33.6 Å². The maximum atomic E-state index is 10.7. The Morgan fingerprint density at radius 2 is 2.27 bits per heavy atom. The summed E-state index contributed by atoms with van der Waals surface area (Å²) < 4.78 is 5.87. The molecule has 3 N–H and O–H groups in total. The lowest BCUT2D eigenvalue weighted by molar-refractivity contribution is -0.384. The maximum absolute atomic E-state index is 10.7. The number of nitrogens with two attached hydrogens (primary N) is 1. The van der Waals surface area contributed by atoms with E-state index in [4.69, 9.17) is 10.5 Å². The molecule has 1 aromatic rings. The van der Waals surface area contributed by atoms with Crippen LogP contribution in [0.15, 0.2) is 6.20 Å². The van der Waals surface area contributed by atoms with Gasteiger partial charge in [-0.15, -0.1) is 0 Å². The molecule has 2 unspecified atom stereocenters. The fourth-order valence-corrected chi connectivity index (χ4v) is 2.88. The van der Waals surface area contributed by atoms with E-state index >= 15 is 0 Å². The summed E-state index contributed by atoms with van der Waals surface area (Å²) in [6, 6.07) is 0.195. The molecular formula is C14H23N5O3. The van der Waals surface area contributed by atoms with E-state index < -0.39 is 4.92 Å². The highest BCUT2D eigenvalue weighted by atomic mass is 16.6. The molecule has 0 aliphatic carbocycles. The average Bonchev–Trinajstić information content (AvgIpc) is 2.48. The summed E-state index contributed by atoms with van der Waals surface area (Å²) in [5, 5.41) is 13.9. The van der Waals surface area contributed by atoms with Gasteiger partial charge in [-0.1, -0.05) is 26.7 Å². The van der Waals surface area contributed by atoms with Crippen LogP contribution in [0.3, 0.4) is 0 Å². The van der Waals surface area contributed by atoms with E-state index in [-0.39, 0.29) is 23.7 Å². The zero-order valence-electron chi connectivity index (χ0n) is 13.0. The van der Waals surface area contributed by atoms with Gasteiger partial charge in [0.05, 0.1) is 11.0 Å². The van der Waals surface area contributed by atoms with Crippen molar-refractivity contribution < 1.29 is 9.66 Å². The Morgan fingerprint density at radius 3 is 2.86 bits per heavy atom. The van der Waals surface area contributed by atoms with Gasteiger partial charge in [0.15, 0.2) is 0 Å². The largest absolute Gasteiger partial charge is 0.378 e. The van der Waals surface area contributed by atoms with E-state index in [1.807, 2.05) is 0 Å². The zero-order chi connectivity index (χ0) is 16.1. The predicted octanol–water partition coefficient (Wildman–Crippen LogP) is 2.36. The van der Waals surface area contributed by atoms with Crippen LogP contribution in [0.1, 0.15) is 39.5 Å². The highest BCUT2D eigenvalue weighted by Crippen LogP contribution is 2.27. The average molecular weight is 309 g/mol. The molecule has 0 bridgehead atoms. The zero-order valence-corrected chi connectivity index (χ0v) is 13.0. The van der Waals surface area contributed by atoms with E-state index in [1.165, 1.54) is 0 Å². The lowest BCUT2D eigenvalue weighted by Gasteiger charge is -2.34. The number of nitrogens with one attached hydrogen (secondary N) is 1. The van der Waals surface area contributed by atoms with Crippen molar-refractivity contribution in [1.82, 2.24) is 9.97 Å². The second kappa shape index (κ2) is 7.35. The number of nitrogen functional groups attached to an aromatic ring is 1. The highest BCUT2D eigenvalue weighted by molar-refractivity contribution is 5.53. The molecule has 0 spiro atoms. The molecule has 0 amide bonds. The fraction of sp³-hybridized carbons (Fsp3) is 0.714. The van der Waals surface area contributed by atoms with Gasteiger partial charge in [-0.25, -0.2) is 4.98 Å². The Morgan fingerprint density at radius 1 is 1.55 bits per heavy atom. The predicted molar refractivity (Wildman–Crippen MR) is 83.6 cm³/mol. The van der Waals surface area contributed by atoms with Crippen molar-refractivity contribution in [2.45, 2.75) is 51.7 Å². The molecule has 1 saturated heterocycles. The third-order valence-corrected chi connectivity index (χ3v) is 4.22. The summed E-state index contributed by atoms with van der Waals surface area (Å²) in [6.45, 7) is 5.05. The standard InChI is InChI=1S/C14H23N5O3/c1-3-9(4-2)12-7-10(5-6-22-12)17-14-16-8-11(19(20)21)13(15)18-14/h8-10,12H,3-7H2,1-2H3,(H3,15,16,17,18). The van der Waals surface area contributed by atoms with Crippen molar-refractivity contribution in [3.05, 3.63) is 16.3 Å². The SMILES string of the molecule is CCC(CC)C1CC(Nc2ncc([N+](=O)[O-])c(N)n2)CCO1. The van der Waals surface area contributed by atoms with Crippen LogP contribution in [-0.2, 0) is 4.74 Å². The van der Waals surface area contributed by atoms with Crippen molar-refractivity contribution >= 4 is 17.5 Å². The van der Waals surface area contributed by atoms with E-state index in [2.05, 4.69) is 29.1 Å². The molecule has 8 heteroatoms. The lowest BCUT2D eigenvalue weighted by atomic mass is 9.89. The Balaban J connectivity index is 2.01. The smallest absolute Gasteiger partial charge is 0.329 e. The first kappa shape index (κ1) is 16.4. The minimum absolute atomic E-state index is 0.119. The van der Waals surface area contributed by atoms with Crippen molar-refractivity contribution in [2.75, 3.05) is 17.7 Å². The number of hydrogen-bond acceptors (Lipinski definition) is 7. The first-order chi connectivity index (χ1) is 10.5. The Labute approximate surface area is 129 Å². The molecule has 0 saturated carbocycles. The molecule has 22 heavy (non-hydrogen) atoms. The lowest BCUT2D eigenvalue weighted by Crippen LogP contribution is -2.38. The van der Waals surface area contributed by atoms with Gasteiger partial charge in [0, 0.05) is 12.6 Å². The molecule has 8 nitrogen and oxygen atoms in total. The summed E-state index contributed by atoms with van der Waals surface area (Å²) in [5.41, 5.74) is 5.32. The van der Waals surface area contributed by atoms with Crippen LogP contribution >= 0.6 is 0 Å². The summed E-state index contributed by atoms with van der Waals surface area (Å²) in [6.07, 6.45) is 5.30. The van der Waals surface area contributed by atoms with Crippen molar-refractivity contribution in [2.24, 2.45) is 5.92 Å². The van der Waals surface area contributed by atoms with Crippen LogP contribution < -0.4 is 11.1 Å². The van der Waals surface area contributed by atoms with Crippen LogP contribution in [0.5, 0.6) is 0 Å². The number of rotatable bonds is 6. The normalized spacial score (nSPS) is 21.8. The van der Waals surface area contributed by atoms with Gasteiger partial charge in [0.1, 0.15) is 6.20 Å². The molecule has 2 rings (SSSR count). The van der Waals surface area contributed by atoms with Gasteiger partial charge in [0.25, 0.3) is 0 Å². The van der Waals surface area contributed by atoms with Gasteiger partial charge in [-0.3, -0.25) is 10.1 Å². The second-order valence-corrected chi connectivity index (χ2v) is 5.57. The monoisotopic (exact) mass is 309 g/mol. The van der Waals surface area contributed by atoms with Crippen LogP contribution in [0.2, 0.25) is 0 Å². The number of aromatic nitrogens is 2. The van der Waals surface area contributed by atoms with E-state index in [1.54, 1.807) is 0 Å². The first-order valence-corrected chi connectivity index (χ1v) is 7.70. The molecule has 1 aliphatic rings. The molecule has 0 aromatic carbocycles. The van der Waals surface area contributed by atoms with Crippen molar-refractivity contribution in [1.29, 1.82) is 0 Å². The van der Waals surface area contributed by atoms with Gasteiger partial charge < -0.3 is 15.8 Å². The quantitative estimate of drug-likeness (QED) is 0.612. The molecule has 122 valence electrons. The van der Waals surface area contributed by atoms with Gasteiger partial charge in [-0.2, -0.15) is 4.98 Å². The number of hydrogen-bond donors (Lipinski definition) is 2. The second-order valence-electron chi connectivity index (χ2n) is 5.57. The summed E-state index contributed by atoms with van der Waals surface area (Å²) in [4.78, 5) is 18.1. The molecule has 0 radical (unpaired) electrons. The van der Waals surface area contributed by atoms with E-state index in [0.717, 1.165) is 31.9 Å². The third-order valence-electron chi connectivity index (χ3n) is 4.22. The summed E-state index contributed by atoms with van der Waals surface area (Å²) >= 11 is 0. The van der Waals surface area contributed by atoms with Crippen LogP contribution in [0.25, 0.3) is 0 Å². The minimum atomic E-state index is -0.587. The molecular weight excluding hydrogens is 286 g/mol. The van der Waals surface area contributed by atoms with Crippen molar-refractivity contribution in [3.63, 3.8) is 0 Å². The van der Waals surface area contributed by atoms with Gasteiger partial charge in [-0.05, 0) is 18.8 Å². The Kier molecular flexibility index (Phi) is 5.48. The third kappa shape index (κ3) is 3.82. The van der Waals surface area contributed by atoms with E-state index in [9.17, 15) is 10.1 Å². The van der Waals surface area contributed by atoms with Gasteiger partial charge >= 0.3 is 5.69 Å². The molecule has 2 atom stereocenters. The number of nitrogens with zero attached hydrogens (tertiary/aromatic N) is 3. The summed E-state index contributed by atoms with van der Waals surface area (Å²) in [7, 11) is 0. The first-order valence-electron chi connectivity index (χ1n) is 7.70. The maximum Gasteiger partial charge on any atom is 0.329 e. The fourth-order valence-electron chi connectivity index (χ4n) is 2.88. The highest BCUT2D eigenvalue weighted by Gasteiger charge is 2.28. The number of nitro groups is 1. The molecule has 1 aromatic heterocycles. The molecule has 1 aliphatic heterocycles. The number of ether oxygens (including phenoxy) is 1. The molecule has 1 fully saturated rings. The Hall–Kier alpha value is -1.96. The summed E-state index contributed by atoms with van der Waals surface area (Å²) in [5.74, 6) is 0.761. The van der Waals surface area contributed by atoms with Crippen LogP contribution in [0, 0.1) is 16.0 Å². The topological polar surface area (TPSA) is 116 Å². The van der Waals surface area contributed by atoms with Gasteiger partial charge in [0.2, 0.25) is 11.8 Å². The van der Waals surface area contributed by atoms with E-state index in [0.29, 0.717) is 18.5 Å². The van der Waals surface area contributed by atoms with Crippen molar-refractivity contribution in [3.8, 4) is 0 Å². The minimum Gasteiger partial charge on any atom is -0.378 e. The number of anilines is 2.